The van der Waals surface area contributed by atoms with Crippen LogP contribution in [0.2, 0.25) is 0 Å². The van der Waals surface area contributed by atoms with Gasteiger partial charge in [-0.15, -0.1) is 0 Å². The van der Waals surface area contributed by atoms with Crippen LogP contribution in [0.3, 0.4) is 0 Å². The molecule has 0 fully saturated rings. The van der Waals surface area contributed by atoms with Crippen molar-refractivity contribution in [2.24, 2.45) is 7.05 Å². The fourth-order valence-corrected chi connectivity index (χ4v) is 2.97. The number of rotatable bonds is 2. The minimum absolute atomic E-state index is 0.487. The molecule has 0 saturated heterocycles. The van der Waals surface area contributed by atoms with E-state index in [2.05, 4.69) is 57.7 Å². The maximum atomic E-state index is 10.3. The fourth-order valence-electron chi connectivity index (χ4n) is 2.80. The third kappa shape index (κ3) is 4.86. The molecule has 28 heavy (non-hydrogen) atoms. The smallest absolute Gasteiger partial charge is 0.153 e. The number of nitrogens with zero attached hydrogens (tertiary/aromatic N) is 3. The normalized spacial score (nSPS) is 11.2. The third-order valence-corrected chi connectivity index (χ3v) is 4.33. The van der Waals surface area contributed by atoms with Gasteiger partial charge in [0.2, 0.25) is 0 Å². The molecule has 148 valence electrons. The fraction of sp³-hybridized carbons (Fsp3) is 0.238. The summed E-state index contributed by atoms with van der Waals surface area (Å²) in [6, 6.07) is 15.2. The molecule has 4 rings (SSSR count). The predicted molar refractivity (Wildman–Crippen MR) is 118 cm³/mol. The van der Waals surface area contributed by atoms with Crippen LogP contribution in [0.1, 0.15) is 29.8 Å². The quantitative estimate of drug-likeness (QED) is 0.367. The van der Waals surface area contributed by atoms with Gasteiger partial charge in [-0.3, -0.25) is 9.48 Å². The monoisotopic (exact) mass is 398 g/mol. The van der Waals surface area contributed by atoms with E-state index in [9.17, 15) is 4.79 Å². The lowest BCUT2D eigenvalue weighted by molar-refractivity contribution is 0.112. The molecule has 0 radical (unpaired) electrons. The van der Waals surface area contributed by atoms with Gasteiger partial charge in [-0.05, 0) is 24.3 Å². The molecule has 0 aliphatic carbocycles. The highest BCUT2D eigenvalue weighted by atomic mass is 32.1. The van der Waals surface area contributed by atoms with Crippen LogP contribution in [-0.4, -0.2) is 23.1 Å². The Morgan fingerprint density at radius 1 is 1.11 bits per heavy atom. The van der Waals surface area contributed by atoms with Crippen molar-refractivity contribution in [3.05, 3.63) is 65.9 Å². The van der Waals surface area contributed by atoms with E-state index in [1.807, 2.05) is 37.8 Å². The minimum Gasteiger partial charge on any atom is -0.428 e. The molecule has 3 aromatic rings. The molecule has 2 aromatic carbocycles. The molecule has 0 bridgehead atoms. The maximum absolute atomic E-state index is 10.3. The molecule has 2 heterocycles. The van der Waals surface area contributed by atoms with Crippen LogP contribution < -0.4 is 14.4 Å². The summed E-state index contributed by atoms with van der Waals surface area (Å²) in [4.78, 5) is 12.5. The van der Waals surface area contributed by atoms with Crippen LogP contribution in [0.5, 0.6) is 5.75 Å². The first-order valence-corrected chi connectivity index (χ1v) is 9.44. The van der Waals surface area contributed by atoms with E-state index >= 15 is 0 Å². The summed E-state index contributed by atoms with van der Waals surface area (Å²) in [6.07, 6.45) is 2.65. The Kier molecular flexibility index (Phi) is 7.95. The highest BCUT2D eigenvalue weighted by molar-refractivity contribution is 7.75. The molecule has 7 heteroatoms. The van der Waals surface area contributed by atoms with Crippen LogP contribution in [0, 0.1) is 0 Å². The second-order valence-corrected chi connectivity index (χ2v) is 6.07. The Morgan fingerprint density at radius 2 is 1.79 bits per heavy atom. The summed E-state index contributed by atoms with van der Waals surface area (Å²) in [5.41, 5.74) is 4.09. The van der Waals surface area contributed by atoms with E-state index in [1.165, 1.54) is 11.3 Å². The highest BCUT2D eigenvalue weighted by Crippen LogP contribution is 2.33. The second-order valence-electron chi connectivity index (χ2n) is 5.89. The van der Waals surface area contributed by atoms with E-state index in [4.69, 9.17) is 0 Å². The molecule has 1 N–H and O–H groups in total. The zero-order valence-electron chi connectivity index (χ0n) is 16.6. The lowest BCUT2D eigenvalue weighted by Gasteiger charge is -2.18. The Labute approximate surface area is 171 Å². The summed E-state index contributed by atoms with van der Waals surface area (Å²) >= 11 is 3.57. The number of fused-ring (bicyclic) bond motifs is 2. The summed E-state index contributed by atoms with van der Waals surface area (Å²) in [5, 5.41) is 7.72. The Hall–Kier alpha value is -2.93. The van der Waals surface area contributed by atoms with Crippen molar-refractivity contribution in [2.45, 2.75) is 20.4 Å². The first-order valence-electron chi connectivity index (χ1n) is 9.07. The van der Waals surface area contributed by atoms with Gasteiger partial charge < -0.3 is 14.4 Å². The number of aryl methyl sites for hydroxylation is 1. The first kappa shape index (κ1) is 21.4. The van der Waals surface area contributed by atoms with Crippen molar-refractivity contribution < 1.29 is 8.98 Å². The molecule has 0 amide bonds. The summed E-state index contributed by atoms with van der Waals surface area (Å²) in [5.74, 6) is 1.57. The second kappa shape index (κ2) is 10.4. The average Bonchev–Trinajstić information content (AvgIpc) is 3.01. The standard InChI is InChI=1S/C12H14N4.C7H6O2S.C2H6/c1-15-8-9-7-13-16(2)12(9)14-10-5-3-4-6-11(10)15;8-5-6-3-1-2-4-7(6)9-10;1-2/h3-7,14H,8H2,1-2H3;1-5,10H;1-2H3. The van der Waals surface area contributed by atoms with Crippen LogP contribution in [0.4, 0.5) is 17.2 Å². The van der Waals surface area contributed by atoms with Crippen molar-refractivity contribution in [1.29, 1.82) is 0 Å². The number of anilines is 3. The van der Waals surface area contributed by atoms with Crippen LogP contribution in [0.15, 0.2) is 54.7 Å². The van der Waals surface area contributed by atoms with E-state index in [1.54, 1.807) is 24.3 Å². The number of aromatic nitrogens is 2. The lowest BCUT2D eigenvalue weighted by Crippen LogP contribution is -2.14. The number of hydrogen-bond donors (Lipinski definition) is 2. The highest BCUT2D eigenvalue weighted by Gasteiger charge is 2.18. The average molecular weight is 399 g/mol. The van der Waals surface area contributed by atoms with E-state index < -0.39 is 0 Å². The molecular weight excluding hydrogens is 372 g/mol. The van der Waals surface area contributed by atoms with Crippen LogP contribution in [0.25, 0.3) is 0 Å². The summed E-state index contributed by atoms with van der Waals surface area (Å²) < 4.78 is 6.48. The van der Waals surface area contributed by atoms with Crippen molar-refractivity contribution in [3.63, 3.8) is 0 Å². The van der Waals surface area contributed by atoms with Gasteiger partial charge in [-0.2, -0.15) is 5.10 Å². The van der Waals surface area contributed by atoms with Crippen molar-refractivity contribution in [3.8, 4) is 5.75 Å². The van der Waals surface area contributed by atoms with Gasteiger partial charge >= 0.3 is 0 Å². The molecule has 1 aliphatic rings. The van der Waals surface area contributed by atoms with Gasteiger partial charge in [0.1, 0.15) is 11.6 Å². The van der Waals surface area contributed by atoms with E-state index in [-0.39, 0.29) is 0 Å². The van der Waals surface area contributed by atoms with Gasteiger partial charge in [-0.25, -0.2) is 0 Å². The van der Waals surface area contributed by atoms with Crippen molar-refractivity contribution >= 4 is 36.4 Å². The number of carbonyl (C=O) groups is 1. The van der Waals surface area contributed by atoms with Crippen molar-refractivity contribution in [2.75, 3.05) is 17.3 Å². The zero-order chi connectivity index (χ0) is 20.5. The number of thiol groups is 1. The molecule has 0 atom stereocenters. The number of aldehydes is 1. The summed E-state index contributed by atoms with van der Waals surface area (Å²) in [6.45, 7) is 4.88. The predicted octanol–water partition coefficient (Wildman–Crippen LogP) is 4.86. The molecule has 0 saturated carbocycles. The molecule has 0 spiro atoms. The van der Waals surface area contributed by atoms with Gasteiger partial charge in [0.15, 0.2) is 6.29 Å². The zero-order valence-corrected chi connectivity index (χ0v) is 17.5. The number of nitrogens with one attached hydrogen (secondary N) is 1. The molecule has 1 aromatic heterocycles. The van der Waals surface area contributed by atoms with Crippen LogP contribution >= 0.6 is 12.9 Å². The Balaban J connectivity index is 0.000000202. The SMILES string of the molecule is CC.CN1Cc2cnn(C)c2Nc2ccccc21.O=Cc1ccccc1OS. The molecule has 0 unspecified atom stereocenters. The van der Waals surface area contributed by atoms with Gasteiger partial charge in [0, 0.05) is 39.1 Å². The minimum atomic E-state index is 0.487. The van der Waals surface area contributed by atoms with Crippen molar-refractivity contribution in [1.82, 2.24) is 9.78 Å². The van der Waals surface area contributed by atoms with E-state index in [0.29, 0.717) is 11.3 Å². The molecular formula is C21H26N4O2S. The largest absolute Gasteiger partial charge is 0.428 e. The lowest BCUT2D eigenvalue weighted by atomic mass is 10.2. The van der Waals surface area contributed by atoms with Crippen LogP contribution in [-0.2, 0) is 13.6 Å². The number of hydrogen-bond acceptors (Lipinski definition) is 6. The molecule has 1 aliphatic heterocycles. The number of para-hydroxylation sites is 3. The maximum Gasteiger partial charge on any atom is 0.153 e. The topological polar surface area (TPSA) is 59.4 Å². The first-order chi connectivity index (χ1) is 13.6. The van der Waals surface area contributed by atoms with Gasteiger partial charge in [-0.1, -0.05) is 38.1 Å². The third-order valence-electron chi connectivity index (χ3n) is 4.13. The van der Waals surface area contributed by atoms with Gasteiger partial charge in [0.25, 0.3) is 0 Å². The number of carbonyl (C=O) groups excluding carboxylic acids is 1. The Bertz CT molecular complexity index is 911. The molecule has 6 nitrogen and oxygen atoms in total. The van der Waals surface area contributed by atoms with E-state index in [0.717, 1.165) is 24.3 Å². The summed E-state index contributed by atoms with van der Waals surface area (Å²) in [7, 11) is 4.06. The Morgan fingerprint density at radius 3 is 2.46 bits per heavy atom. The number of benzene rings is 2. The van der Waals surface area contributed by atoms with Gasteiger partial charge in [0.05, 0.1) is 23.1 Å².